The molecule has 7 heteroatoms. The summed E-state index contributed by atoms with van der Waals surface area (Å²) in [5.41, 5.74) is 0.877. The van der Waals surface area contributed by atoms with Crippen molar-refractivity contribution in [1.82, 2.24) is 19.5 Å². The van der Waals surface area contributed by atoms with Crippen LogP contribution in [0.25, 0.3) is 0 Å². The first kappa shape index (κ1) is 13.1. The summed E-state index contributed by atoms with van der Waals surface area (Å²) in [5.74, 6) is -0.135. The van der Waals surface area contributed by atoms with Crippen LogP contribution < -0.4 is 0 Å². The summed E-state index contributed by atoms with van der Waals surface area (Å²) in [5, 5.41) is 1.43. The Balaban J connectivity index is 1.84. The van der Waals surface area contributed by atoms with E-state index in [2.05, 4.69) is 4.98 Å². The molecule has 3 heterocycles. The molecule has 1 aromatic rings. The Morgan fingerprint density at radius 3 is 2.95 bits per heavy atom. The summed E-state index contributed by atoms with van der Waals surface area (Å²) < 4.78 is 1.85. The van der Waals surface area contributed by atoms with Crippen molar-refractivity contribution in [1.29, 1.82) is 0 Å². The standard InChI is InChI=1S/C13H18N4O3/c1-10(18)15-7-11-6-14-9-16(11)12(8-15)13(19)17-4-2-3-5-20-17/h6,9,12H,2-5,7-8H2,1H3. The predicted octanol–water partition coefficient (Wildman–Crippen LogP) is 0.340. The second kappa shape index (κ2) is 5.24. The lowest BCUT2D eigenvalue weighted by molar-refractivity contribution is -0.201. The lowest BCUT2D eigenvalue weighted by atomic mass is 10.1. The van der Waals surface area contributed by atoms with Gasteiger partial charge in [0.05, 0.1) is 31.7 Å². The normalized spacial score (nSPS) is 22.6. The van der Waals surface area contributed by atoms with Gasteiger partial charge in [-0.05, 0) is 12.8 Å². The largest absolute Gasteiger partial charge is 0.334 e. The molecule has 2 aliphatic rings. The number of hydrogen-bond donors (Lipinski definition) is 0. The van der Waals surface area contributed by atoms with Gasteiger partial charge >= 0.3 is 0 Å². The highest BCUT2D eigenvalue weighted by atomic mass is 16.7. The number of aromatic nitrogens is 2. The molecule has 0 N–H and O–H groups in total. The van der Waals surface area contributed by atoms with Crippen LogP contribution in [0.3, 0.4) is 0 Å². The minimum atomic E-state index is -0.441. The van der Waals surface area contributed by atoms with E-state index in [0.29, 0.717) is 26.2 Å². The second-order valence-corrected chi connectivity index (χ2v) is 5.19. The topological polar surface area (TPSA) is 67.7 Å². The Kier molecular flexibility index (Phi) is 3.43. The fraction of sp³-hybridized carbons (Fsp3) is 0.615. The van der Waals surface area contributed by atoms with Crippen molar-refractivity contribution in [3.8, 4) is 0 Å². The third kappa shape index (κ3) is 2.29. The van der Waals surface area contributed by atoms with Crippen LogP contribution in [0.15, 0.2) is 12.5 Å². The van der Waals surface area contributed by atoms with E-state index in [9.17, 15) is 9.59 Å². The zero-order valence-corrected chi connectivity index (χ0v) is 11.5. The van der Waals surface area contributed by atoms with Gasteiger partial charge in [0, 0.05) is 19.7 Å². The molecule has 0 bridgehead atoms. The first-order valence-corrected chi connectivity index (χ1v) is 6.87. The van der Waals surface area contributed by atoms with Crippen LogP contribution in [-0.2, 0) is 21.0 Å². The molecule has 1 fully saturated rings. The SMILES string of the molecule is CC(=O)N1Cc2cncn2C(C(=O)N2CCCCO2)C1. The van der Waals surface area contributed by atoms with Crippen LogP contribution in [0.4, 0.5) is 0 Å². The maximum absolute atomic E-state index is 12.6. The average molecular weight is 278 g/mol. The third-order valence-corrected chi connectivity index (χ3v) is 3.81. The Morgan fingerprint density at radius 2 is 2.25 bits per heavy atom. The number of hydrogen-bond acceptors (Lipinski definition) is 4. The number of fused-ring (bicyclic) bond motifs is 1. The lowest BCUT2D eigenvalue weighted by Crippen LogP contribution is -2.48. The molecule has 0 spiro atoms. The van der Waals surface area contributed by atoms with E-state index in [4.69, 9.17) is 4.84 Å². The van der Waals surface area contributed by atoms with E-state index in [1.807, 2.05) is 4.57 Å². The summed E-state index contributed by atoms with van der Waals surface area (Å²) in [6.07, 6.45) is 5.28. The van der Waals surface area contributed by atoms with Crippen molar-refractivity contribution in [3.05, 3.63) is 18.2 Å². The number of nitrogens with zero attached hydrogens (tertiary/aromatic N) is 4. The third-order valence-electron chi connectivity index (χ3n) is 3.81. The molecule has 0 aromatic carbocycles. The molecule has 1 atom stereocenters. The average Bonchev–Trinajstić information content (AvgIpc) is 2.94. The summed E-state index contributed by atoms with van der Waals surface area (Å²) in [6, 6.07) is -0.441. The number of imidazole rings is 1. The van der Waals surface area contributed by atoms with Gasteiger partial charge in [0.1, 0.15) is 6.04 Å². The highest BCUT2D eigenvalue weighted by molar-refractivity contribution is 5.81. The van der Waals surface area contributed by atoms with Gasteiger partial charge in [0.15, 0.2) is 0 Å². The number of hydroxylamine groups is 2. The number of carbonyl (C=O) groups excluding carboxylic acids is 2. The molecule has 20 heavy (non-hydrogen) atoms. The number of carbonyl (C=O) groups is 2. The van der Waals surface area contributed by atoms with Gasteiger partial charge in [-0.1, -0.05) is 0 Å². The predicted molar refractivity (Wildman–Crippen MR) is 69.3 cm³/mol. The molecular weight excluding hydrogens is 260 g/mol. The fourth-order valence-electron chi connectivity index (χ4n) is 2.67. The van der Waals surface area contributed by atoms with Crippen LogP contribution in [0.5, 0.6) is 0 Å². The van der Waals surface area contributed by atoms with Crippen LogP contribution in [0.1, 0.15) is 31.5 Å². The molecule has 1 unspecified atom stereocenters. The minimum absolute atomic E-state index is 0.0326. The monoisotopic (exact) mass is 278 g/mol. The van der Waals surface area contributed by atoms with E-state index in [0.717, 1.165) is 18.5 Å². The lowest BCUT2D eigenvalue weighted by Gasteiger charge is -2.36. The summed E-state index contributed by atoms with van der Waals surface area (Å²) >= 11 is 0. The molecule has 0 saturated carbocycles. The van der Waals surface area contributed by atoms with Crippen molar-refractivity contribution in [2.75, 3.05) is 19.7 Å². The van der Waals surface area contributed by atoms with E-state index in [-0.39, 0.29) is 11.8 Å². The molecule has 108 valence electrons. The molecular formula is C13H18N4O3. The molecule has 2 amide bonds. The Bertz CT molecular complexity index is 521. The van der Waals surface area contributed by atoms with Crippen molar-refractivity contribution in [2.24, 2.45) is 0 Å². The van der Waals surface area contributed by atoms with E-state index >= 15 is 0 Å². The van der Waals surface area contributed by atoms with Crippen molar-refractivity contribution in [3.63, 3.8) is 0 Å². The molecule has 0 radical (unpaired) electrons. The Labute approximate surface area is 117 Å². The van der Waals surface area contributed by atoms with Crippen molar-refractivity contribution >= 4 is 11.8 Å². The first-order valence-electron chi connectivity index (χ1n) is 6.87. The van der Waals surface area contributed by atoms with Gasteiger partial charge in [0.25, 0.3) is 5.91 Å². The molecule has 7 nitrogen and oxygen atoms in total. The van der Waals surface area contributed by atoms with Gasteiger partial charge in [-0.25, -0.2) is 10.0 Å². The highest BCUT2D eigenvalue weighted by Gasteiger charge is 2.34. The fourth-order valence-corrected chi connectivity index (χ4v) is 2.67. The van der Waals surface area contributed by atoms with Gasteiger partial charge in [-0.3, -0.25) is 14.4 Å². The maximum atomic E-state index is 12.6. The molecule has 1 aromatic heterocycles. The maximum Gasteiger partial charge on any atom is 0.271 e. The van der Waals surface area contributed by atoms with Gasteiger partial charge in [0.2, 0.25) is 5.91 Å². The van der Waals surface area contributed by atoms with Crippen LogP contribution in [0.2, 0.25) is 0 Å². The van der Waals surface area contributed by atoms with Gasteiger partial charge < -0.3 is 9.47 Å². The summed E-state index contributed by atoms with van der Waals surface area (Å²) in [6.45, 7) is 3.58. The van der Waals surface area contributed by atoms with E-state index in [1.165, 1.54) is 12.0 Å². The molecule has 0 aliphatic carbocycles. The Morgan fingerprint density at radius 1 is 1.40 bits per heavy atom. The van der Waals surface area contributed by atoms with Crippen molar-refractivity contribution in [2.45, 2.75) is 32.4 Å². The molecule has 3 rings (SSSR count). The van der Waals surface area contributed by atoms with E-state index in [1.54, 1.807) is 17.4 Å². The molecule has 1 saturated heterocycles. The number of rotatable bonds is 1. The van der Waals surface area contributed by atoms with Crippen molar-refractivity contribution < 1.29 is 14.4 Å². The zero-order chi connectivity index (χ0) is 14.1. The minimum Gasteiger partial charge on any atom is -0.334 e. The number of amides is 2. The van der Waals surface area contributed by atoms with Crippen LogP contribution in [-0.4, -0.2) is 51.0 Å². The first-order chi connectivity index (χ1) is 9.66. The van der Waals surface area contributed by atoms with Crippen LogP contribution >= 0.6 is 0 Å². The van der Waals surface area contributed by atoms with Crippen LogP contribution in [0, 0.1) is 0 Å². The summed E-state index contributed by atoms with van der Waals surface area (Å²) in [4.78, 5) is 35.4. The smallest absolute Gasteiger partial charge is 0.271 e. The summed E-state index contributed by atoms with van der Waals surface area (Å²) in [7, 11) is 0. The van der Waals surface area contributed by atoms with Gasteiger partial charge in [-0.2, -0.15) is 0 Å². The second-order valence-electron chi connectivity index (χ2n) is 5.19. The molecule has 2 aliphatic heterocycles. The highest BCUT2D eigenvalue weighted by Crippen LogP contribution is 2.24. The van der Waals surface area contributed by atoms with Gasteiger partial charge in [-0.15, -0.1) is 0 Å². The zero-order valence-electron chi connectivity index (χ0n) is 11.5. The van der Waals surface area contributed by atoms with E-state index < -0.39 is 6.04 Å². The quantitative estimate of drug-likeness (QED) is 0.743. The Hall–Kier alpha value is -1.89.